The number of aliphatic hydroxyl groups is 2. The van der Waals surface area contributed by atoms with Crippen molar-refractivity contribution < 1.29 is 14.9 Å². The molecule has 4 heteroatoms. The number of hydrogen-bond acceptors (Lipinski definition) is 4. The lowest BCUT2D eigenvalue weighted by molar-refractivity contribution is 0.229. The Balaban J connectivity index is 2.68. The van der Waals surface area contributed by atoms with Crippen molar-refractivity contribution in [2.75, 3.05) is 25.1 Å². The van der Waals surface area contributed by atoms with Crippen molar-refractivity contribution in [2.24, 2.45) is 0 Å². The third kappa shape index (κ3) is 4.24. The van der Waals surface area contributed by atoms with Gasteiger partial charge in [-0.2, -0.15) is 0 Å². The molecule has 1 atom stereocenters. The van der Waals surface area contributed by atoms with E-state index in [0.29, 0.717) is 13.0 Å². The molecule has 0 aromatic heterocycles. The number of ether oxygens (including phenoxy) is 1. The second-order valence-electron chi connectivity index (χ2n) is 3.95. The Morgan fingerprint density at radius 2 is 2.12 bits per heavy atom. The molecule has 0 aliphatic carbocycles. The Bertz CT molecular complexity index is 341. The Morgan fingerprint density at radius 1 is 1.35 bits per heavy atom. The summed E-state index contributed by atoms with van der Waals surface area (Å²) in [5.74, 6) is 0.876. The lowest BCUT2D eigenvalue weighted by atomic mass is 10.1. The van der Waals surface area contributed by atoms with Gasteiger partial charge in [-0.05, 0) is 44.0 Å². The molecule has 4 nitrogen and oxygen atoms in total. The maximum Gasteiger partial charge on any atom is 0.122 e. The minimum Gasteiger partial charge on any atom is -0.494 e. The number of nitrogens with one attached hydrogen (secondary N) is 1. The van der Waals surface area contributed by atoms with Gasteiger partial charge in [0.15, 0.2) is 0 Å². The average Bonchev–Trinajstić information content (AvgIpc) is 2.32. The fourth-order valence-corrected chi connectivity index (χ4v) is 1.66. The number of rotatable bonds is 7. The van der Waals surface area contributed by atoms with Crippen LogP contribution in [0.25, 0.3) is 0 Å². The maximum absolute atomic E-state index is 9.13. The lowest BCUT2D eigenvalue weighted by Gasteiger charge is -2.17. The molecule has 0 saturated carbocycles. The molecule has 3 N–H and O–H groups in total. The van der Waals surface area contributed by atoms with Gasteiger partial charge in [0.1, 0.15) is 5.75 Å². The summed E-state index contributed by atoms with van der Waals surface area (Å²) in [6.45, 7) is 4.66. The molecule has 0 amide bonds. The number of anilines is 1. The first-order valence-corrected chi connectivity index (χ1v) is 5.93. The van der Waals surface area contributed by atoms with E-state index >= 15 is 0 Å². The van der Waals surface area contributed by atoms with Gasteiger partial charge < -0.3 is 20.3 Å². The minimum atomic E-state index is -0.114. The van der Waals surface area contributed by atoms with Crippen molar-refractivity contribution >= 4 is 5.69 Å². The van der Waals surface area contributed by atoms with Gasteiger partial charge in [0.2, 0.25) is 0 Å². The standard InChI is InChI=1S/C13H21NO3/c1-3-17-13-5-4-11(8-10(13)2)14-12(9-16)6-7-15/h4-5,8,12,14-16H,3,6-7,9H2,1-2H3. The third-order valence-corrected chi connectivity index (χ3v) is 2.54. The van der Waals surface area contributed by atoms with E-state index in [1.165, 1.54) is 0 Å². The average molecular weight is 239 g/mol. The molecule has 17 heavy (non-hydrogen) atoms. The van der Waals surface area contributed by atoms with E-state index in [2.05, 4.69) is 5.32 Å². The third-order valence-electron chi connectivity index (χ3n) is 2.54. The minimum absolute atomic E-state index is 0.00676. The first-order valence-electron chi connectivity index (χ1n) is 5.93. The van der Waals surface area contributed by atoms with Crippen LogP contribution in [0.3, 0.4) is 0 Å². The molecular formula is C13H21NO3. The van der Waals surface area contributed by atoms with E-state index in [-0.39, 0.29) is 19.3 Å². The molecule has 0 heterocycles. The zero-order chi connectivity index (χ0) is 12.7. The van der Waals surface area contributed by atoms with Crippen LogP contribution in [0.1, 0.15) is 18.9 Å². The summed E-state index contributed by atoms with van der Waals surface area (Å²) < 4.78 is 5.45. The van der Waals surface area contributed by atoms with Gasteiger partial charge in [0.05, 0.1) is 19.3 Å². The molecular weight excluding hydrogens is 218 g/mol. The molecule has 0 spiro atoms. The van der Waals surface area contributed by atoms with Crippen LogP contribution in [-0.4, -0.2) is 36.1 Å². The highest BCUT2D eigenvalue weighted by Crippen LogP contribution is 2.22. The van der Waals surface area contributed by atoms with Crippen molar-refractivity contribution in [3.8, 4) is 5.75 Å². The summed E-state index contributed by atoms with van der Waals surface area (Å²) in [6.07, 6.45) is 0.531. The van der Waals surface area contributed by atoms with Crippen LogP contribution in [0.4, 0.5) is 5.69 Å². The zero-order valence-electron chi connectivity index (χ0n) is 10.4. The van der Waals surface area contributed by atoms with Gasteiger partial charge in [-0.25, -0.2) is 0 Å². The van der Waals surface area contributed by atoms with E-state index in [4.69, 9.17) is 14.9 Å². The van der Waals surface area contributed by atoms with Gasteiger partial charge in [-0.3, -0.25) is 0 Å². The van der Waals surface area contributed by atoms with E-state index in [1.54, 1.807) is 0 Å². The summed E-state index contributed by atoms with van der Waals surface area (Å²) in [4.78, 5) is 0. The van der Waals surface area contributed by atoms with Crippen molar-refractivity contribution in [3.63, 3.8) is 0 Å². The smallest absolute Gasteiger partial charge is 0.122 e. The van der Waals surface area contributed by atoms with E-state index in [9.17, 15) is 0 Å². The molecule has 0 bridgehead atoms. The number of hydrogen-bond donors (Lipinski definition) is 3. The number of benzene rings is 1. The lowest BCUT2D eigenvalue weighted by Crippen LogP contribution is -2.24. The van der Waals surface area contributed by atoms with Crippen molar-refractivity contribution in [1.29, 1.82) is 0 Å². The van der Waals surface area contributed by atoms with E-state index in [0.717, 1.165) is 17.0 Å². The second kappa shape index (κ2) is 7.14. The predicted octanol–water partition coefficient (Wildman–Crippen LogP) is 1.55. The van der Waals surface area contributed by atoms with Crippen LogP contribution < -0.4 is 10.1 Å². The normalized spacial score (nSPS) is 12.2. The topological polar surface area (TPSA) is 61.7 Å². The molecule has 0 fully saturated rings. The molecule has 0 saturated heterocycles. The van der Waals surface area contributed by atoms with Gasteiger partial charge in [-0.15, -0.1) is 0 Å². The Morgan fingerprint density at radius 3 is 2.65 bits per heavy atom. The molecule has 1 aromatic carbocycles. The monoisotopic (exact) mass is 239 g/mol. The Labute approximate surface area is 102 Å². The highest BCUT2D eigenvalue weighted by Gasteiger charge is 2.07. The molecule has 1 unspecified atom stereocenters. The van der Waals surface area contributed by atoms with Gasteiger partial charge >= 0.3 is 0 Å². The van der Waals surface area contributed by atoms with Crippen molar-refractivity contribution in [2.45, 2.75) is 26.3 Å². The van der Waals surface area contributed by atoms with Crippen LogP contribution in [0, 0.1) is 6.92 Å². The Hall–Kier alpha value is -1.26. The second-order valence-corrected chi connectivity index (χ2v) is 3.95. The van der Waals surface area contributed by atoms with Crippen molar-refractivity contribution in [1.82, 2.24) is 0 Å². The summed E-state index contributed by atoms with van der Waals surface area (Å²) in [7, 11) is 0. The van der Waals surface area contributed by atoms with Gasteiger partial charge in [0.25, 0.3) is 0 Å². The van der Waals surface area contributed by atoms with Gasteiger partial charge in [-0.1, -0.05) is 0 Å². The van der Waals surface area contributed by atoms with Crippen LogP contribution in [-0.2, 0) is 0 Å². The highest BCUT2D eigenvalue weighted by molar-refractivity contribution is 5.51. The first-order chi connectivity index (χ1) is 8.21. The van der Waals surface area contributed by atoms with E-state index < -0.39 is 0 Å². The maximum atomic E-state index is 9.13. The zero-order valence-corrected chi connectivity index (χ0v) is 10.4. The van der Waals surface area contributed by atoms with Crippen LogP contribution in [0.5, 0.6) is 5.75 Å². The SMILES string of the molecule is CCOc1ccc(NC(CO)CCO)cc1C. The molecule has 1 aromatic rings. The fraction of sp³-hybridized carbons (Fsp3) is 0.538. The van der Waals surface area contributed by atoms with Crippen molar-refractivity contribution in [3.05, 3.63) is 23.8 Å². The van der Waals surface area contributed by atoms with Crippen LogP contribution in [0.15, 0.2) is 18.2 Å². The molecule has 0 aliphatic rings. The summed E-state index contributed by atoms with van der Waals surface area (Å²) in [6, 6.07) is 5.69. The van der Waals surface area contributed by atoms with Crippen LogP contribution in [0.2, 0.25) is 0 Å². The molecule has 1 rings (SSSR count). The summed E-state index contributed by atoms with van der Waals surface area (Å²) >= 11 is 0. The van der Waals surface area contributed by atoms with Crippen LogP contribution >= 0.6 is 0 Å². The summed E-state index contributed by atoms with van der Waals surface area (Å²) in [5, 5.41) is 21.1. The first kappa shape index (κ1) is 13.8. The Kier molecular flexibility index (Phi) is 5.80. The van der Waals surface area contributed by atoms with E-state index in [1.807, 2.05) is 32.0 Å². The highest BCUT2D eigenvalue weighted by atomic mass is 16.5. The molecule has 0 aliphatic heterocycles. The summed E-state index contributed by atoms with van der Waals surface area (Å²) in [5.41, 5.74) is 1.98. The fourth-order valence-electron chi connectivity index (χ4n) is 1.66. The van der Waals surface area contributed by atoms with Gasteiger partial charge in [0, 0.05) is 12.3 Å². The molecule has 0 radical (unpaired) electrons. The number of aliphatic hydroxyl groups excluding tert-OH is 2. The largest absolute Gasteiger partial charge is 0.494 e. The molecule has 96 valence electrons. The predicted molar refractivity (Wildman–Crippen MR) is 68.5 cm³/mol. The quantitative estimate of drug-likeness (QED) is 0.675. The number of aryl methyl sites for hydroxylation is 1.